The highest BCUT2D eigenvalue weighted by Crippen LogP contribution is 2.13. The number of nitrogens with zero attached hydrogens (tertiary/aromatic N) is 2. The predicted molar refractivity (Wildman–Crippen MR) is 87.0 cm³/mol. The highest BCUT2D eigenvalue weighted by atomic mass is 16.1. The van der Waals surface area contributed by atoms with Gasteiger partial charge in [-0.2, -0.15) is 0 Å². The molecule has 0 radical (unpaired) electrons. The Morgan fingerprint density at radius 2 is 2.10 bits per heavy atom. The molecule has 116 valence electrons. The van der Waals surface area contributed by atoms with Gasteiger partial charge in [0.25, 0.3) is 5.91 Å². The minimum absolute atomic E-state index is 0.0130. The second kappa shape index (κ2) is 8.00. The molecule has 0 unspecified atom stereocenters. The van der Waals surface area contributed by atoms with Crippen LogP contribution in [0.25, 0.3) is 0 Å². The molecule has 0 spiro atoms. The van der Waals surface area contributed by atoms with E-state index < -0.39 is 0 Å². The lowest BCUT2D eigenvalue weighted by atomic mass is 10.2. The lowest BCUT2D eigenvalue weighted by Gasteiger charge is -2.27. The minimum Gasteiger partial charge on any atom is -0.378 e. The maximum absolute atomic E-state index is 12.1. The number of hydrogen-bond donors (Lipinski definition) is 2. The highest BCUT2D eigenvalue weighted by molar-refractivity contribution is 5.95. The van der Waals surface area contributed by atoms with E-state index in [-0.39, 0.29) is 5.91 Å². The van der Waals surface area contributed by atoms with E-state index in [0.717, 1.165) is 56.9 Å². The molecule has 1 aromatic rings. The SMILES string of the molecule is CN(C)c1cccc(C(=O)NCCCN2CCNCC2)c1. The Morgan fingerprint density at radius 3 is 2.81 bits per heavy atom. The number of amides is 1. The summed E-state index contributed by atoms with van der Waals surface area (Å²) in [6, 6.07) is 7.70. The van der Waals surface area contributed by atoms with Crippen molar-refractivity contribution in [1.82, 2.24) is 15.5 Å². The van der Waals surface area contributed by atoms with Crippen molar-refractivity contribution in [3.63, 3.8) is 0 Å². The van der Waals surface area contributed by atoms with Crippen molar-refractivity contribution in [3.05, 3.63) is 29.8 Å². The van der Waals surface area contributed by atoms with Gasteiger partial charge in [-0.3, -0.25) is 4.79 Å². The maximum atomic E-state index is 12.1. The zero-order valence-electron chi connectivity index (χ0n) is 13.1. The van der Waals surface area contributed by atoms with Gasteiger partial charge >= 0.3 is 0 Å². The van der Waals surface area contributed by atoms with E-state index >= 15 is 0 Å². The van der Waals surface area contributed by atoms with Crippen LogP contribution in [0.1, 0.15) is 16.8 Å². The van der Waals surface area contributed by atoms with E-state index in [4.69, 9.17) is 0 Å². The molecule has 0 bridgehead atoms. The van der Waals surface area contributed by atoms with Gasteiger partial charge in [0.05, 0.1) is 0 Å². The molecule has 1 amide bonds. The summed E-state index contributed by atoms with van der Waals surface area (Å²) in [5.41, 5.74) is 1.77. The fourth-order valence-corrected chi connectivity index (χ4v) is 2.47. The first-order valence-electron chi connectivity index (χ1n) is 7.65. The molecule has 2 N–H and O–H groups in total. The average Bonchev–Trinajstić information content (AvgIpc) is 2.52. The van der Waals surface area contributed by atoms with E-state index in [1.807, 2.05) is 43.3 Å². The first-order valence-corrected chi connectivity index (χ1v) is 7.65. The van der Waals surface area contributed by atoms with E-state index in [2.05, 4.69) is 15.5 Å². The molecule has 0 atom stereocenters. The van der Waals surface area contributed by atoms with Gasteiger partial charge in [0.2, 0.25) is 0 Å². The van der Waals surface area contributed by atoms with Crippen LogP contribution in [0, 0.1) is 0 Å². The second-order valence-electron chi connectivity index (χ2n) is 5.65. The van der Waals surface area contributed by atoms with Gasteiger partial charge in [-0.25, -0.2) is 0 Å². The molecule has 1 fully saturated rings. The monoisotopic (exact) mass is 290 g/mol. The Balaban J connectivity index is 1.72. The van der Waals surface area contributed by atoms with E-state index in [1.165, 1.54) is 0 Å². The molecule has 21 heavy (non-hydrogen) atoms. The van der Waals surface area contributed by atoms with Crippen LogP contribution >= 0.6 is 0 Å². The van der Waals surface area contributed by atoms with Crippen LogP contribution in [0.3, 0.4) is 0 Å². The molecule has 1 aliphatic heterocycles. The molecular formula is C16H26N4O. The van der Waals surface area contributed by atoms with Gasteiger partial charge < -0.3 is 20.4 Å². The summed E-state index contributed by atoms with van der Waals surface area (Å²) >= 11 is 0. The van der Waals surface area contributed by atoms with Crippen molar-refractivity contribution >= 4 is 11.6 Å². The van der Waals surface area contributed by atoms with Crippen molar-refractivity contribution < 1.29 is 4.79 Å². The number of rotatable bonds is 6. The third kappa shape index (κ3) is 5.02. The lowest BCUT2D eigenvalue weighted by Crippen LogP contribution is -2.44. The first kappa shape index (κ1) is 15.8. The van der Waals surface area contributed by atoms with E-state index in [0.29, 0.717) is 0 Å². The molecule has 1 aromatic carbocycles. The number of carbonyl (C=O) groups excluding carboxylic acids is 1. The predicted octanol–water partition coefficient (Wildman–Crippen LogP) is 0.778. The number of nitrogens with one attached hydrogen (secondary N) is 2. The summed E-state index contributed by atoms with van der Waals surface area (Å²) in [4.78, 5) is 16.6. The number of piperazine rings is 1. The Bertz CT molecular complexity index is 455. The van der Waals surface area contributed by atoms with Crippen LogP contribution < -0.4 is 15.5 Å². The Morgan fingerprint density at radius 1 is 1.33 bits per heavy atom. The van der Waals surface area contributed by atoms with Gasteiger partial charge in [-0.05, 0) is 31.2 Å². The van der Waals surface area contributed by atoms with Crippen LogP contribution in [0.2, 0.25) is 0 Å². The van der Waals surface area contributed by atoms with Gasteiger partial charge in [-0.1, -0.05) is 6.07 Å². The highest BCUT2D eigenvalue weighted by Gasteiger charge is 2.09. The van der Waals surface area contributed by atoms with Gasteiger partial charge in [0, 0.05) is 58.1 Å². The summed E-state index contributed by atoms with van der Waals surface area (Å²) < 4.78 is 0. The van der Waals surface area contributed by atoms with Gasteiger partial charge in [-0.15, -0.1) is 0 Å². The summed E-state index contributed by atoms with van der Waals surface area (Å²) in [6.45, 7) is 6.15. The van der Waals surface area contributed by atoms with E-state index in [9.17, 15) is 4.79 Å². The minimum atomic E-state index is 0.0130. The summed E-state index contributed by atoms with van der Waals surface area (Å²) in [6.07, 6.45) is 0.999. The Hall–Kier alpha value is -1.59. The smallest absolute Gasteiger partial charge is 0.251 e. The van der Waals surface area contributed by atoms with Crippen molar-refractivity contribution in [2.45, 2.75) is 6.42 Å². The number of hydrogen-bond acceptors (Lipinski definition) is 4. The molecular weight excluding hydrogens is 264 g/mol. The van der Waals surface area contributed by atoms with Crippen LogP contribution in [-0.4, -0.2) is 64.2 Å². The molecule has 1 saturated heterocycles. The van der Waals surface area contributed by atoms with Gasteiger partial charge in [0.1, 0.15) is 0 Å². The molecule has 0 aliphatic carbocycles. The third-order valence-electron chi connectivity index (χ3n) is 3.77. The molecule has 0 aromatic heterocycles. The Labute approximate surface area is 127 Å². The maximum Gasteiger partial charge on any atom is 0.251 e. The summed E-state index contributed by atoms with van der Waals surface area (Å²) in [5, 5.41) is 6.35. The van der Waals surface area contributed by atoms with Crippen molar-refractivity contribution in [3.8, 4) is 0 Å². The third-order valence-corrected chi connectivity index (χ3v) is 3.77. The van der Waals surface area contributed by atoms with Crippen molar-refractivity contribution in [1.29, 1.82) is 0 Å². The number of carbonyl (C=O) groups is 1. The molecule has 2 rings (SSSR count). The standard InChI is InChI=1S/C16H26N4O/c1-19(2)15-6-3-5-14(13-15)16(21)18-7-4-10-20-11-8-17-9-12-20/h3,5-6,13,17H,4,7-12H2,1-2H3,(H,18,21). The molecule has 1 aliphatic rings. The van der Waals surface area contributed by atoms with Crippen LogP contribution in [0.4, 0.5) is 5.69 Å². The molecule has 5 nitrogen and oxygen atoms in total. The van der Waals surface area contributed by atoms with Gasteiger partial charge in [0.15, 0.2) is 0 Å². The number of anilines is 1. The van der Waals surface area contributed by atoms with Crippen molar-refractivity contribution in [2.75, 3.05) is 58.3 Å². The second-order valence-corrected chi connectivity index (χ2v) is 5.65. The molecule has 5 heteroatoms. The topological polar surface area (TPSA) is 47.6 Å². The van der Waals surface area contributed by atoms with E-state index in [1.54, 1.807) is 0 Å². The molecule has 1 heterocycles. The quantitative estimate of drug-likeness (QED) is 0.760. The normalized spacial score (nSPS) is 15.7. The Kier molecular flexibility index (Phi) is 6.02. The van der Waals surface area contributed by atoms with Crippen LogP contribution in [-0.2, 0) is 0 Å². The number of benzene rings is 1. The van der Waals surface area contributed by atoms with Crippen molar-refractivity contribution in [2.24, 2.45) is 0 Å². The van der Waals surface area contributed by atoms with Crippen LogP contribution in [0.5, 0.6) is 0 Å². The van der Waals surface area contributed by atoms with Crippen LogP contribution in [0.15, 0.2) is 24.3 Å². The average molecular weight is 290 g/mol. The fraction of sp³-hybridized carbons (Fsp3) is 0.562. The fourth-order valence-electron chi connectivity index (χ4n) is 2.47. The zero-order valence-corrected chi connectivity index (χ0v) is 13.1. The summed E-state index contributed by atoms with van der Waals surface area (Å²) in [7, 11) is 3.95. The first-order chi connectivity index (χ1) is 10.2. The summed E-state index contributed by atoms with van der Waals surface area (Å²) in [5.74, 6) is 0.0130. The molecule has 0 saturated carbocycles. The lowest BCUT2D eigenvalue weighted by molar-refractivity contribution is 0.0951. The zero-order chi connectivity index (χ0) is 15.1. The largest absolute Gasteiger partial charge is 0.378 e.